The quantitative estimate of drug-likeness (QED) is 0.585. The highest BCUT2D eigenvalue weighted by molar-refractivity contribution is 9.09. The first kappa shape index (κ1) is 15.1. The van der Waals surface area contributed by atoms with Crippen molar-refractivity contribution in [2.24, 2.45) is 0 Å². The molecule has 2 aromatic carbocycles. The zero-order valence-corrected chi connectivity index (χ0v) is 13.7. The van der Waals surface area contributed by atoms with Gasteiger partial charge >= 0.3 is 5.97 Å². The van der Waals surface area contributed by atoms with Gasteiger partial charge in [-0.05, 0) is 29.7 Å². The number of hydrogen-bond donors (Lipinski definition) is 0. The molecule has 2 unspecified atom stereocenters. The van der Waals surface area contributed by atoms with Crippen molar-refractivity contribution in [1.29, 1.82) is 0 Å². The Hall–Kier alpha value is -1.81. The second-order valence-electron chi connectivity index (χ2n) is 5.32. The van der Waals surface area contributed by atoms with Gasteiger partial charge in [0.05, 0.1) is 4.83 Å². The summed E-state index contributed by atoms with van der Waals surface area (Å²) >= 11 is 3.64. The third-order valence-electron chi connectivity index (χ3n) is 3.67. The van der Waals surface area contributed by atoms with Crippen LogP contribution < -0.4 is 4.74 Å². The second kappa shape index (κ2) is 6.97. The number of carbonyl (C=O) groups is 1. The van der Waals surface area contributed by atoms with Crippen LogP contribution in [0.5, 0.6) is 5.75 Å². The van der Waals surface area contributed by atoms with Crippen molar-refractivity contribution < 1.29 is 14.3 Å². The van der Waals surface area contributed by atoms with Crippen molar-refractivity contribution in [3.63, 3.8) is 0 Å². The van der Waals surface area contributed by atoms with Crippen molar-refractivity contribution >= 4 is 21.9 Å². The van der Waals surface area contributed by atoms with Crippen LogP contribution in [0.1, 0.15) is 28.8 Å². The molecular weight excluding hydrogens is 344 g/mol. The second-order valence-corrected chi connectivity index (χ2v) is 6.30. The molecule has 1 aliphatic heterocycles. The summed E-state index contributed by atoms with van der Waals surface area (Å²) in [6.45, 7) is 0.537. The Kier molecular flexibility index (Phi) is 4.78. The highest BCUT2D eigenvalue weighted by Gasteiger charge is 2.30. The summed E-state index contributed by atoms with van der Waals surface area (Å²) in [6.07, 6.45) is 1.15. The van der Waals surface area contributed by atoms with Crippen LogP contribution in [-0.2, 0) is 16.1 Å². The number of esters is 1. The van der Waals surface area contributed by atoms with Gasteiger partial charge in [0.15, 0.2) is 0 Å². The molecule has 1 fully saturated rings. The van der Waals surface area contributed by atoms with Crippen molar-refractivity contribution in [1.82, 2.24) is 0 Å². The molecule has 1 saturated heterocycles. The number of cyclic esters (lactones) is 1. The average molecular weight is 361 g/mol. The fraction of sp³-hybridized carbons (Fsp3) is 0.278. The van der Waals surface area contributed by atoms with E-state index in [2.05, 4.69) is 15.9 Å². The topological polar surface area (TPSA) is 35.5 Å². The van der Waals surface area contributed by atoms with E-state index in [4.69, 9.17) is 9.47 Å². The van der Waals surface area contributed by atoms with Crippen LogP contribution in [0.15, 0.2) is 54.6 Å². The Morgan fingerprint density at radius 3 is 2.73 bits per heavy atom. The normalized spacial score (nSPS) is 18.8. The minimum atomic E-state index is -0.120. The molecule has 0 spiro atoms. The van der Waals surface area contributed by atoms with Crippen LogP contribution in [0, 0.1) is 0 Å². The van der Waals surface area contributed by atoms with Crippen LogP contribution in [-0.4, -0.2) is 12.1 Å². The van der Waals surface area contributed by atoms with E-state index in [1.807, 2.05) is 54.6 Å². The lowest BCUT2D eigenvalue weighted by Gasteiger charge is -2.17. The summed E-state index contributed by atoms with van der Waals surface area (Å²) in [5.41, 5.74) is 2.19. The van der Waals surface area contributed by atoms with Gasteiger partial charge in [0.25, 0.3) is 0 Å². The molecule has 0 bridgehead atoms. The zero-order chi connectivity index (χ0) is 15.4. The number of hydrogen-bond acceptors (Lipinski definition) is 3. The van der Waals surface area contributed by atoms with E-state index in [1.54, 1.807) is 0 Å². The van der Waals surface area contributed by atoms with Crippen LogP contribution in [0.3, 0.4) is 0 Å². The number of benzene rings is 2. The highest BCUT2D eigenvalue weighted by atomic mass is 79.9. The Balaban J connectivity index is 1.66. The van der Waals surface area contributed by atoms with E-state index >= 15 is 0 Å². The van der Waals surface area contributed by atoms with Crippen LogP contribution in [0.2, 0.25) is 0 Å². The van der Waals surface area contributed by atoms with Crippen LogP contribution >= 0.6 is 15.9 Å². The molecule has 3 rings (SSSR count). The van der Waals surface area contributed by atoms with Gasteiger partial charge < -0.3 is 9.47 Å². The monoisotopic (exact) mass is 360 g/mol. The molecule has 114 valence electrons. The SMILES string of the molecule is O=C1CCC(C(Br)c2cccc(OCc3ccccc3)c2)O1. The first-order chi connectivity index (χ1) is 10.7. The Labute approximate surface area is 138 Å². The Bertz CT molecular complexity index is 642. The standard InChI is InChI=1S/C18H17BrO3/c19-18(16-9-10-17(20)22-16)14-7-4-8-15(11-14)21-12-13-5-2-1-3-6-13/h1-8,11,16,18H,9-10,12H2. The van der Waals surface area contributed by atoms with Gasteiger partial charge in [0, 0.05) is 6.42 Å². The van der Waals surface area contributed by atoms with Crippen molar-refractivity contribution in [2.45, 2.75) is 30.4 Å². The molecule has 1 aliphatic rings. The van der Waals surface area contributed by atoms with Crippen molar-refractivity contribution in [3.05, 3.63) is 65.7 Å². The maximum Gasteiger partial charge on any atom is 0.306 e. The predicted octanol–water partition coefficient (Wildman–Crippen LogP) is 4.41. The molecule has 2 atom stereocenters. The summed E-state index contributed by atoms with van der Waals surface area (Å²) in [4.78, 5) is 11.2. The van der Waals surface area contributed by atoms with E-state index in [0.29, 0.717) is 13.0 Å². The van der Waals surface area contributed by atoms with Gasteiger partial charge in [-0.15, -0.1) is 0 Å². The summed E-state index contributed by atoms with van der Waals surface area (Å²) in [7, 11) is 0. The number of rotatable bonds is 5. The molecule has 0 radical (unpaired) electrons. The Morgan fingerprint density at radius 1 is 1.18 bits per heavy atom. The number of ether oxygens (including phenoxy) is 2. The minimum absolute atomic E-state index is 0.000717. The Morgan fingerprint density at radius 2 is 2.00 bits per heavy atom. The third kappa shape index (κ3) is 3.69. The van der Waals surface area contributed by atoms with E-state index in [-0.39, 0.29) is 16.9 Å². The fourth-order valence-electron chi connectivity index (χ4n) is 2.48. The molecular formula is C18H17BrO3. The van der Waals surface area contributed by atoms with E-state index in [1.165, 1.54) is 0 Å². The van der Waals surface area contributed by atoms with Crippen LogP contribution in [0.4, 0.5) is 0 Å². The summed E-state index contributed by atoms with van der Waals surface area (Å²) in [5, 5.41) is 0. The fourth-order valence-corrected chi connectivity index (χ4v) is 3.14. The molecule has 0 amide bonds. The lowest BCUT2D eigenvalue weighted by molar-refractivity contribution is -0.141. The van der Waals surface area contributed by atoms with Gasteiger partial charge in [-0.2, -0.15) is 0 Å². The maximum absolute atomic E-state index is 11.2. The third-order valence-corrected chi connectivity index (χ3v) is 4.79. The molecule has 0 aromatic heterocycles. The molecule has 1 heterocycles. The van der Waals surface area contributed by atoms with Crippen LogP contribution in [0.25, 0.3) is 0 Å². The first-order valence-electron chi connectivity index (χ1n) is 7.32. The smallest absolute Gasteiger partial charge is 0.306 e. The van der Waals surface area contributed by atoms with Gasteiger partial charge in [-0.1, -0.05) is 58.4 Å². The average Bonchev–Trinajstić information content (AvgIpc) is 3.00. The molecule has 22 heavy (non-hydrogen) atoms. The number of halogens is 1. The van der Waals surface area contributed by atoms with Gasteiger partial charge in [0.2, 0.25) is 0 Å². The highest BCUT2D eigenvalue weighted by Crippen LogP contribution is 2.35. The first-order valence-corrected chi connectivity index (χ1v) is 8.24. The van der Waals surface area contributed by atoms with Gasteiger partial charge in [-0.25, -0.2) is 0 Å². The molecule has 0 N–H and O–H groups in total. The lowest BCUT2D eigenvalue weighted by atomic mass is 10.1. The number of alkyl halides is 1. The summed E-state index contributed by atoms with van der Waals surface area (Å²) in [6, 6.07) is 18.0. The predicted molar refractivity (Wildman–Crippen MR) is 88.0 cm³/mol. The lowest BCUT2D eigenvalue weighted by Crippen LogP contribution is -2.13. The van der Waals surface area contributed by atoms with Gasteiger partial charge in [-0.3, -0.25) is 4.79 Å². The molecule has 2 aromatic rings. The maximum atomic E-state index is 11.2. The molecule has 0 saturated carbocycles. The van der Waals surface area contributed by atoms with E-state index in [0.717, 1.165) is 23.3 Å². The van der Waals surface area contributed by atoms with Gasteiger partial charge in [0.1, 0.15) is 18.5 Å². The minimum Gasteiger partial charge on any atom is -0.489 e. The van der Waals surface area contributed by atoms with E-state index < -0.39 is 0 Å². The van der Waals surface area contributed by atoms with Crippen molar-refractivity contribution in [3.8, 4) is 5.75 Å². The molecule has 0 aliphatic carbocycles. The largest absolute Gasteiger partial charge is 0.489 e. The molecule has 3 nitrogen and oxygen atoms in total. The summed E-state index contributed by atoms with van der Waals surface area (Å²) in [5.74, 6) is 0.695. The summed E-state index contributed by atoms with van der Waals surface area (Å²) < 4.78 is 11.2. The van der Waals surface area contributed by atoms with E-state index in [9.17, 15) is 4.79 Å². The number of carbonyl (C=O) groups excluding carboxylic acids is 1. The molecule has 4 heteroatoms. The zero-order valence-electron chi connectivity index (χ0n) is 12.1. The van der Waals surface area contributed by atoms with Crippen molar-refractivity contribution in [2.75, 3.05) is 0 Å².